The van der Waals surface area contributed by atoms with E-state index in [1.807, 2.05) is 14.1 Å². The topological polar surface area (TPSA) is 41.3 Å². The third-order valence-corrected chi connectivity index (χ3v) is 4.22. The molecule has 1 unspecified atom stereocenters. The molecule has 1 rings (SSSR count). The molecular weight excluding hydrogens is 282 g/mol. The number of likely N-dealkylation sites (N-methyl/N-ethyl adjacent to an activating group) is 1. The molecule has 1 heterocycles. The van der Waals surface area contributed by atoms with Gasteiger partial charge in [-0.25, -0.2) is 0 Å². The van der Waals surface area contributed by atoms with Crippen LogP contribution >= 0.6 is 23.4 Å². The summed E-state index contributed by atoms with van der Waals surface area (Å²) >= 11 is 7.86. The Hall–Kier alpha value is -0.230. The lowest BCUT2D eigenvalue weighted by atomic mass is 10.2. The van der Waals surface area contributed by atoms with Gasteiger partial charge in [0, 0.05) is 17.0 Å². The van der Waals surface area contributed by atoms with Crippen molar-refractivity contribution in [2.24, 2.45) is 0 Å². The molecule has 0 aliphatic rings. The summed E-state index contributed by atoms with van der Waals surface area (Å²) in [6.07, 6.45) is 1.03. The molecule has 19 heavy (non-hydrogen) atoms. The van der Waals surface area contributed by atoms with Gasteiger partial charge in [0.05, 0.1) is 23.5 Å². The van der Waals surface area contributed by atoms with E-state index in [-0.39, 0.29) is 4.75 Å². The molecule has 6 heteroatoms. The van der Waals surface area contributed by atoms with Crippen molar-refractivity contribution in [1.82, 2.24) is 14.7 Å². The van der Waals surface area contributed by atoms with E-state index in [9.17, 15) is 5.11 Å². The number of aliphatic hydroxyl groups is 1. The van der Waals surface area contributed by atoms with Crippen molar-refractivity contribution < 1.29 is 5.11 Å². The molecule has 0 saturated heterocycles. The second-order valence-corrected chi connectivity index (χ2v) is 8.10. The number of aromatic nitrogens is 2. The summed E-state index contributed by atoms with van der Waals surface area (Å²) in [5.41, 5.74) is 0.722. The van der Waals surface area contributed by atoms with Gasteiger partial charge in [-0.15, -0.1) is 0 Å². The average molecular weight is 306 g/mol. The number of halogens is 1. The summed E-state index contributed by atoms with van der Waals surface area (Å²) in [6, 6.07) is 0. The Balaban J connectivity index is 2.72. The SMILES string of the molecule is CN(C)CCn1ncc(Cl)c1C(O)CSC(C)(C)C. The predicted molar refractivity (Wildman–Crippen MR) is 83.0 cm³/mol. The lowest BCUT2D eigenvalue weighted by Gasteiger charge is -2.21. The van der Waals surface area contributed by atoms with Gasteiger partial charge >= 0.3 is 0 Å². The minimum Gasteiger partial charge on any atom is -0.386 e. The largest absolute Gasteiger partial charge is 0.386 e. The summed E-state index contributed by atoms with van der Waals surface area (Å²) < 4.78 is 1.93. The molecule has 0 aromatic carbocycles. The molecule has 110 valence electrons. The zero-order valence-electron chi connectivity index (χ0n) is 12.4. The molecule has 1 N–H and O–H groups in total. The van der Waals surface area contributed by atoms with E-state index in [1.54, 1.807) is 22.6 Å². The lowest BCUT2D eigenvalue weighted by molar-refractivity contribution is 0.190. The monoisotopic (exact) mass is 305 g/mol. The molecule has 0 spiro atoms. The van der Waals surface area contributed by atoms with Crippen LogP contribution in [0.25, 0.3) is 0 Å². The van der Waals surface area contributed by atoms with Gasteiger partial charge in [0.15, 0.2) is 0 Å². The number of aliphatic hydroxyl groups excluding tert-OH is 1. The van der Waals surface area contributed by atoms with Gasteiger partial charge in [0.2, 0.25) is 0 Å². The summed E-state index contributed by atoms with van der Waals surface area (Å²) in [6.45, 7) is 8.00. The minimum atomic E-state index is -0.582. The van der Waals surface area contributed by atoms with E-state index in [0.717, 1.165) is 18.8 Å². The molecule has 0 saturated carbocycles. The number of nitrogens with zero attached hydrogens (tertiary/aromatic N) is 3. The quantitative estimate of drug-likeness (QED) is 0.877. The Labute approximate surface area is 125 Å². The van der Waals surface area contributed by atoms with Crippen molar-refractivity contribution in [3.63, 3.8) is 0 Å². The summed E-state index contributed by atoms with van der Waals surface area (Å²) in [5.74, 6) is 0.622. The molecule has 1 aromatic rings. The third kappa shape index (κ3) is 5.73. The fraction of sp³-hybridized carbons (Fsp3) is 0.769. The highest BCUT2D eigenvalue weighted by Crippen LogP contribution is 2.31. The Bertz CT molecular complexity index is 401. The smallest absolute Gasteiger partial charge is 0.106 e. The standard InChI is InChI=1S/C13H24ClN3OS/c1-13(2,3)19-9-11(18)12-10(14)8-15-17(12)7-6-16(4)5/h8,11,18H,6-7,9H2,1-5H3. The maximum Gasteiger partial charge on any atom is 0.106 e. The highest BCUT2D eigenvalue weighted by atomic mass is 35.5. The molecule has 0 bridgehead atoms. The molecule has 0 amide bonds. The predicted octanol–water partition coefficient (Wildman–Crippen LogP) is 2.66. The Morgan fingerprint density at radius 1 is 1.47 bits per heavy atom. The van der Waals surface area contributed by atoms with Gasteiger partial charge in [-0.05, 0) is 14.1 Å². The van der Waals surface area contributed by atoms with Crippen molar-refractivity contribution in [3.05, 3.63) is 16.9 Å². The normalized spacial score (nSPS) is 14.1. The van der Waals surface area contributed by atoms with Crippen LogP contribution in [0.5, 0.6) is 0 Å². The maximum atomic E-state index is 10.3. The molecule has 0 radical (unpaired) electrons. The van der Waals surface area contributed by atoms with E-state index in [4.69, 9.17) is 11.6 Å². The Morgan fingerprint density at radius 3 is 2.63 bits per heavy atom. The summed E-state index contributed by atoms with van der Waals surface area (Å²) in [7, 11) is 4.02. The van der Waals surface area contributed by atoms with Gasteiger partial charge in [0.25, 0.3) is 0 Å². The van der Waals surface area contributed by atoms with Crippen molar-refractivity contribution in [2.45, 2.75) is 38.2 Å². The van der Waals surface area contributed by atoms with Crippen LogP contribution in [0.3, 0.4) is 0 Å². The summed E-state index contributed by atoms with van der Waals surface area (Å²) in [5, 5.41) is 15.1. The fourth-order valence-corrected chi connectivity index (χ4v) is 2.67. The number of hydrogen-bond acceptors (Lipinski definition) is 4. The molecule has 4 nitrogen and oxygen atoms in total. The van der Waals surface area contributed by atoms with E-state index < -0.39 is 6.10 Å². The van der Waals surface area contributed by atoms with Gasteiger partial charge in [-0.3, -0.25) is 4.68 Å². The van der Waals surface area contributed by atoms with Crippen LogP contribution in [0.2, 0.25) is 5.02 Å². The van der Waals surface area contributed by atoms with Crippen molar-refractivity contribution in [2.75, 3.05) is 26.4 Å². The summed E-state index contributed by atoms with van der Waals surface area (Å²) in [4.78, 5) is 2.08. The molecule has 1 atom stereocenters. The van der Waals surface area contributed by atoms with Crippen LogP contribution in [-0.2, 0) is 6.54 Å². The minimum absolute atomic E-state index is 0.127. The van der Waals surface area contributed by atoms with E-state index >= 15 is 0 Å². The lowest BCUT2D eigenvalue weighted by Crippen LogP contribution is -2.22. The second kappa shape index (κ2) is 6.97. The zero-order chi connectivity index (χ0) is 14.6. The number of thioether (sulfide) groups is 1. The van der Waals surface area contributed by atoms with Crippen molar-refractivity contribution in [3.8, 4) is 0 Å². The molecule has 1 aromatic heterocycles. The molecule has 0 fully saturated rings. The van der Waals surface area contributed by atoms with Crippen LogP contribution < -0.4 is 0 Å². The van der Waals surface area contributed by atoms with Gasteiger partial charge < -0.3 is 10.0 Å². The molecule has 0 aliphatic heterocycles. The van der Waals surface area contributed by atoms with Gasteiger partial charge in [0.1, 0.15) is 6.10 Å². The Morgan fingerprint density at radius 2 is 2.11 bits per heavy atom. The van der Waals surface area contributed by atoms with Crippen LogP contribution in [-0.4, -0.2) is 50.9 Å². The van der Waals surface area contributed by atoms with Crippen LogP contribution in [0.1, 0.15) is 32.6 Å². The number of rotatable bonds is 6. The van der Waals surface area contributed by atoms with Crippen molar-refractivity contribution in [1.29, 1.82) is 0 Å². The van der Waals surface area contributed by atoms with Crippen LogP contribution in [0.15, 0.2) is 6.20 Å². The van der Waals surface area contributed by atoms with Crippen LogP contribution in [0.4, 0.5) is 0 Å². The van der Waals surface area contributed by atoms with E-state index in [2.05, 4.69) is 30.8 Å². The van der Waals surface area contributed by atoms with Crippen molar-refractivity contribution >= 4 is 23.4 Å². The molecular formula is C13H24ClN3OS. The molecule has 0 aliphatic carbocycles. The first kappa shape index (κ1) is 16.8. The first-order chi connectivity index (χ1) is 8.70. The van der Waals surface area contributed by atoms with Gasteiger partial charge in [-0.1, -0.05) is 32.4 Å². The van der Waals surface area contributed by atoms with E-state index in [0.29, 0.717) is 10.8 Å². The second-order valence-electron chi connectivity index (χ2n) is 5.84. The number of hydrogen-bond donors (Lipinski definition) is 1. The maximum absolute atomic E-state index is 10.3. The van der Waals surface area contributed by atoms with Gasteiger partial charge in [-0.2, -0.15) is 16.9 Å². The highest BCUT2D eigenvalue weighted by molar-refractivity contribution is 8.00. The van der Waals surface area contributed by atoms with Crippen LogP contribution in [0, 0.1) is 0 Å². The van der Waals surface area contributed by atoms with E-state index in [1.165, 1.54) is 0 Å². The first-order valence-electron chi connectivity index (χ1n) is 6.38. The highest BCUT2D eigenvalue weighted by Gasteiger charge is 2.21. The average Bonchev–Trinajstić information content (AvgIpc) is 2.64. The third-order valence-electron chi connectivity index (χ3n) is 2.58. The zero-order valence-corrected chi connectivity index (χ0v) is 13.9. The Kier molecular flexibility index (Phi) is 6.17. The fourth-order valence-electron chi connectivity index (χ4n) is 1.58. The first-order valence-corrected chi connectivity index (χ1v) is 7.75.